The van der Waals surface area contributed by atoms with Gasteiger partial charge in [-0.05, 0) is 58.4 Å². The van der Waals surface area contributed by atoms with E-state index in [4.69, 9.17) is 0 Å². The summed E-state index contributed by atoms with van der Waals surface area (Å²) in [5.74, 6) is 0. The Morgan fingerprint density at radius 1 is 0.730 bits per heavy atom. The van der Waals surface area contributed by atoms with Crippen molar-refractivity contribution in [1.82, 2.24) is 0 Å². The molecule has 0 fully saturated rings. The predicted molar refractivity (Wildman–Crippen MR) is 156 cm³/mol. The van der Waals surface area contributed by atoms with Crippen LogP contribution in [0.1, 0.15) is 43.4 Å². The van der Waals surface area contributed by atoms with Crippen LogP contribution in [0.4, 0.5) is 10.1 Å². The number of rotatable bonds is 5. The maximum absolute atomic E-state index is 16.6. The third kappa shape index (κ3) is 3.54. The first-order chi connectivity index (χ1) is 18.0. The molecule has 1 aliphatic heterocycles. The van der Waals surface area contributed by atoms with Crippen molar-refractivity contribution >= 4 is 33.4 Å². The minimum Gasteiger partial charge on any atom is -0.239 e. The van der Waals surface area contributed by atoms with Crippen LogP contribution < -0.4 is 0 Å². The van der Waals surface area contributed by atoms with Crippen LogP contribution in [-0.2, 0) is 12.1 Å². The molecule has 0 radical (unpaired) electrons. The summed E-state index contributed by atoms with van der Waals surface area (Å²) in [4.78, 5) is 0. The number of alkyl halides is 1. The van der Waals surface area contributed by atoms with E-state index in [0.717, 1.165) is 34.0 Å². The third-order valence-electron chi connectivity index (χ3n) is 8.40. The topological polar surface area (TPSA) is 3.01 Å². The summed E-state index contributed by atoms with van der Waals surface area (Å²) in [6.07, 6.45) is 4.01. The van der Waals surface area contributed by atoms with E-state index in [9.17, 15) is 0 Å². The van der Waals surface area contributed by atoms with E-state index in [1.807, 2.05) is 13.8 Å². The Balaban J connectivity index is 1.85. The first-order valence-corrected chi connectivity index (χ1v) is 13.4. The van der Waals surface area contributed by atoms with Gasteiger partial charge in [0.25, 0.3) is 0 Å². The fourth-order valence-electron chi connectivity index (χ4n) is 6.40. The molecular formula is C35H33FN+. The lowest BCUT2D eigenvalue weighted by Gasteiger charge is -2.27. The van der Waals surface area contributed by atoms with Gasteiger partial charge in [0.15, 0.2) is 0 Å². The van der Waals surface area contributed by atoms with Gasteiger partial charge < -0.3 is 0 Å². The van der Waals surface area contributed by atoms with Gasteiger partial charge in [0.05, 0.1) is 11.8 Å². The number of hydrogen-bond acceptors (Lipinski definition) is 0. The zero-order valence-corrected chi connectivity index (χ0v) is 22.1. The molecule has 0 bridgehead atoms. The summed E-state index contributed by atoms with van der Waals surface area (Å²) in [6, 6.07) is 30.0. The Bertz CT molecular complexity index is 1690. The number of aryl methyl sites for hydroxylation is 1. The lowest BCUT2D eigenvalue weighted by atomic mass is 9.80. The molecule has 0 aromatic heterocycles. The summed E-state index contributed by atoms with van der Waals surface area (Å²) in [7, 11) is 2.11. The summed E-state index contributed by atoms with van der Waals surface area (Å²) < 4.78 is 18.9. The predicted octanol–water partition coefficient (Wildman–Crippen LogP) is 9.52. The number of fused-ring (bicyclic) bond motifs is 6. The molecule has 0 amide bonds. The van der Waals surface area contributed by atoms with Crippen LogP contribution in [0.15, 0.2) is 84.9 Å². The lowest BCUT2D eigenvalue weighted by Crippen LogP contribution is -2.19. The molecule has 0 atom stereocenters. The minimum atomic E-state index is -1.38. The molecule has 184 valence electrons. The Morgan fingerprint density at radius 2 is 1.43 bits per heavy atom. The normalized spacial score (nSPS) is 13.3. The Hall–Kier alpha value is -3.78. The summed E-state index contributed by atoms with van der Waals surface area (Å²) in [5.41, 5.74) is 7.88. The van der Waals surface area contributed by atoms with Gasteiger partial charge in [0, 0.05) is 16.5 Å². The van der Waals surface area contributed by atoms with Crippen molar-refractivity contribution in [2.45, 2.75) is 45.7 Å². The lowest BCUT2D eigenvalue weighted by molar-refractivity contribution is -0.394. The van der Waals surface area contributed by atoms with Gasteiger partial charge in [-0.25, -0.2) is 8.97 Å². The fraction of sp³-hybridized carbons (Fsp3) is 0.229. The number of nitrogens with zero attached hydrogens (tertiary/aromatic N) is 1. The minimum absolute atomic E-state index is 0.451. The third-order valence-corrected chi connectivity index (χ3v) is 8.40. The van der Waals surface area contributed by atoms with Crippen molar-refractivity contribution in [3.63, 3.8) is 0 Å². The second-order valence-corrected chi connectivity index (χ2v) is 10.3. The van der Waals surface area contributed by atoms with Gasteiger partial charge in [0.2, 0.25) is 5.69 Å². The zero-order valence-electron chi connectivity index (χ0n) is 22.1. The highest BCUT2D eigenvalue weighted by atomic mass is 19.1. The smallest absolute Gasteiger partial charge is 0.217 e. The molecule has 5 aromatic carbocycles. The molecule has 2 heteroatoms. The van der Waals surface area contributed by atoms with Gasteiger partial charge in [-0.1, -0.05) is 98.8 Å². The largest absolute Gasteiger partial charge is 0.239 e. The Morgan fingerprint density at radius 3 is 2.16 bits per heavy atom. The van der Waals surface area contributed by atoms with Crippen LogP contribution in [0, 0.1) is 6.92 Å². The standard InChI is InChI=1S/C35H33FN/c1-5-35(36,6-2)30-20-19-27(26-17-11-10-16-25(26)24-14-8-7-9-15-24)32-28-18-12-13-23(3)31(28)29-21-22-37(4)34(29)33(30)32/h7-20,22H,5-6,21H2,1-4H3/q+1. The molecule has 1 nitrogen and oxygen atoms in total. The highest BCUT2D eigenvalue weighted by molar-refractivity contribution is 6.22. The zero-order chi connectivity index (χ0) is 25.7. The second kappa shape index (κ2) is 8.95. The molecule has 6 rings (SSSR count). The summed E-state index contributed by atoms with van der Waals surface area (Å²) >= 11 is 0. The highest BCUT2D eigenvalue weighted by Gasteiger charge is 2.36. The Kier molecular flexibility index (Phi) is 5.71. The summed E-state index contributed by atoms with van der Waals surface area (Å²) in [5, 5.41) is 4.74. The molecule has 1 heterocycles. The van der Waals surface area contributed by atoms with Crippen molar-refractivity contribution in [1.29, 1.82) is 0 Å². The molecule has 0 N–H and O–H groups in total. The number of benzene rings is 5. The maximum Gasteiger partial charge on any atom is 0.217 e. The van der Waals surface area contributed by atoms with Gasteiger partial charge in [-0.3, -0.25) is 0 Å². The molecule has 5 aromatic rings. The second-order valence-electron chi connectivity index (χ2n) is 10.3. The average molecular weight is 487 g/mol. The van der Waals surface area contributed by atoms with Crippen molar-refractivity contribution < 1.29 is 8.97 Å². The van der Waals surface area contributed by atoms with Gasteiger partial charge in [0.1, 0.15) is 18.9 Å². The molecule has 1 aliphatic rings. The first kappa shape index (κ1) is 23.6. The van der Waals surface area contributed by atoms with E-state index in [-0.39, 0.29) is 0 Å². The van der Waals surface area contributed by atoms with E-state index in [1.54, 1.807) is 0 Å². The first-order valence-electron chi connectivity index (χ1n) is 13.4. The monoisotopic (exact) mass is 486 g/mol. The molecule has 0 aliphatic carbocycles. The van der Waals surface area contributed by atoms with E-state index in [2.05, 4.69) is 110 Å². The van der Waals surface area contributed by atoms with Crippen molar-refractivity contribution in [2.24, 2.45) is 0 Å². The van der Waals surface area contributed by atoms with Crippen LogP contribution in [0.3, 0.4) is 0 Å². The van der Waals surface area contributed by atoms with Gasteiger partial charge >= 0.3 is 0 Å². The van der Waals surface area contributed by atoms with Crippen LogP contribution in [0.25, 0.3) is 43.8 Å². The van der Waals surface area contributed by atoms with E-state index in [0.29, 0.717) is 12.8 Å². The SMILES string of the molecule is CCC(F)(CC)c1ccc(-c2ccccc2-c2ccccc2)c2c1c1c(c3c(C)cccc32)CC=[N+]1C. The fourth-order valence-corrected chi connectivity index (χ4v) is 6.40. The maximum atomic E-state index is 16.6. The molecule has 0 spiro atoms. The number of hydrogen-bond donors (Lipinski definition) is 0. The van der Waals surface area contributed by atoms with Crippen molar-refractivity contribution in [2.75, 3.05) is 7.05 Å². The average Bonchev–Trinajstić information content (AvgIpc) is 3.33. The molecule has 37 heavy (non-hydrogen) atoms. The van der Waals surface area contributed by atoms with E-state index < -0.39 is 5.67 Å². The highest BCUT2D eigenvalue weighted by Crippen LogP contribution is 2.50. The Labute approximate surface area is 218 Å². The van der Waals surface area contributed by atoms with E-state index >= 15 is 4.39 Å². The van der Waals surface area contributed by atoms with Gasteiger partial charge in [-0.15, -0.1) is 0 Å². The summed E-state index contributed by atoms with van der Waals surface area (Å²) in [6.45, 7) is 6.14. The van der Waals surface area contributed by atoms with Crippen LogP contribution in [0.5, 0.6) is 0 Å². The molecule has 0 unspecified atom stereocenters. The molecule has 0 saturated heterocycles. The van der Waals surface area contributed by atoms with Gasteiger partial charge in [-0.2, -0.15) is 0 Å². The van der Waals surface area contributed by atoms with Crippen molar-refractivity contribution in [3.05, 3.63) is 102 Å². The van der Waals surface area contributed by atoms with Crippen LogP contribution >= 0.6 is 0 Å². The quantitative estimate of drug-likeness (QED) is 0.172. The van der Waals surface area contributed by atoms with Crippen molar-refractivity contribution in [3.8, 4) is 22.3 Å². The van der Waals surface area contributed by atoms with Crippen LogP contribution in [0.2, 0.25) is 0 Å². The van der Waals surface area contributed by atoms with Crippen LogP contribution in [-0.4, -0.2) is 17.8 Å². The molecular weight excluding hydrogens is 453 g/mol. The van der Waals surface area contributed by atoms with E-state index in [1.165, 1.54) is 38.6 Å². The number of halogens is 1. The molecule has 0 saturated carbocycles.